The van der Waals surface area contributed by atoms with E-state index in [9.17, 15) is 13.2 Å². The number of halogens is 3. The molecule has 1 N–H and O–H groups in total. The molecule has 6 heteroatoms. The van der Waals surface area contributed by atoms with E-state index in [-0.39, 0.29) is 6.61 Å². The van der Waals surface area contributed by atoms with Crippen LogP contribution < -0.4 is 5.32 Å². The molecule has 1 saturated heterocycles. The Kier molecular flexibility index (Phi) is 8.49. The number of alkyl halides is 3. The van der Waals surface area contributed by atoms with E-state index in [1.807, 2.05) is 0 Å². The highest BCUT2D eigenvalue weighted by Gasteiger charge is 2.27. The van der Waals surface area contributed by atoms with Gasteiger partial charge in [-0.2, -0.15) is 13.2 Å². The lowest BCUT2D eigenvalue weighted by Gasteiger charge is -2.30. The molecule has 20 heavy (non-hydrogen) atoms. The predicted molar refractivity (Wildman–Crippen MR) is 73.8 cm³/mol. The summed E-state index contributed by atoms with van der Waals surface area (Å²) >= 11 is 0. The lowest BCUT2D eigenvalue weighted by atomic mass is 9.97. The highest BCUT2D eigenvalue weighted by atomic mass is 19.4. The Labute approximate surface area is 119 Å². The fourth-order valence-corrected chi connectivity index (χ4v) is 2.62. The van der Waals surface area contributed by atoms with Crippen molar-refractivity contribution < 1.29 is 17.9 Å². The molecule has 0 unspecified atom stereocenters. The van der Waals surface area contributed by atoms with Gasteiger partial charge in [0, 0.05) is 19.7 Å². The van der Waals surface area contributed by atoms with Gasteiger partial charge in [-0.25, -0.2) is 0 Å². The number of nitrogens with zero attached hydrogens (tertiary/aromatic N) is 1. The first-order valence-corrected chi connectivity index (χ1v) is 7.59. The summed E-state index contributed by atoms with van der Waals surface area (Å²) in [7, 11) is 0. The van der Waals surface area contributed by atoms with Crippen molar-refractivity contribution in [2.45, 2.75) is 38.8 Å². The van der Waals surface area contributed by atoms with Crippen molar-refractivity contribution in [1.82, 2.24) is 10.2 Å². The largest absolute Gasteiger partial charge is 0.411 e. The lowest BCUT2D eigenvalue weighted by molar-refractivity contribution is -0.174. The van der Waals surface area contributed by atoms with Gasteiger partial charge in [0.25, 0.3) is 0 Å². The highest BCUT2D eigenvalue weighted by molar-refractivity contribution is 4.72. The van der Waals surface area contributed by atoms with E-state index in [0.717, 1.165) is 45.1 Å². The van der Waals surface area contributed by atoms with Gasteiger partial charge < -0.3 is 15.0 Å². The molecule has 0 aromatic rings. The van der Waals surface area contributed by atoms with Gasteiger partial charge in [0.1, 0.15) is 6.61 Å². The average molecular weight is 296 g/mol. The fourth-order valence-electron chi connectivity index (χ4n) is 2.62. The molecule has 1 fully saturated rings. The number of nitrogens with one attached hydrogen (secondary N) is 1. The summed E-state index contributed by atoms with van der Waals surface area (Å²) in [6.07, 6.45) is -0.0663. The van der Waals surface area contributed by atoms with Gasteiger partial charge in [-0.1, -0.05) is 6.92 Å². The minimum absolute atomic E-state index is 0.186. The second-order valence-electron chi connectivity index (χ2n) is 5.52. The molecule has 0 aliphatic carbocycles. The van der Waals surface area contributed by atoms with Crippen molar-refractivity contribution in [3.8, 4) is 0 Å². The second-order valence-corrected chi connectivity index (χ2v) is 5.52. The third kappa shape index (κ3) is 8.76. The molecular weight excluding hydrogens is 269 g/mol. The first kappa shape index (κ1) is 17.7. The summed E-state index contributed by atoms with van der Waals surface area (Å²) in [5.41, 5.74) is 0. The quantitative estimate of drug-likeness (QED) is 0.662. The molecule has 0 saturated carbocycles. The van der Waals surface area contributed by atoms with E-state index >= 15 is 0 Å². The Morgan fingerprint density at radius 3 is 2.50 bits per heavy atom. The van der Waals surface area contributed by atoms with Gasteiger partial charge in [-0.15, -0.1) is 0 Å². The number of ether oxygens (including phenoxy) is 1. The van der Waals surface area contributed by atoms with Crippen molar-refractivity contribution in [2.24, 2.45) is 5.92 Å². The Morgan fingerprint density at radius 1 is 1.20 bits per heavy atom. The first-order chi connectivity index (χ1) is 9.51. The van der Waals surface area contributed by atoms with Crippen LogP contribution in [-0.4, -0.2) is 57.0 Å². The van der Waals surface area contributed by atoms with E-state index in [1.54, 1.807) is 0 Å². The first-order valence-electron chi connectivity index (χ1n) is 7.59. The molecule has 0 bridgehead atoms. The number of hydrogen-bond donors (Lipinski definition) is 1. The fraction of sp³-hybridized carbons (Fsp3) is 1.00. The Balaban J connectivity index is 2.14. The molecule has 0 aromatic carbocycles. The Hall–Kier alpha value is -0.330. The molecular formula is C14H27F3N2O. The molecule has 1 rings (SSSR count). The minimum Gasteiger partial charge on any atom is -0.372 e. The van der Waals surface area contributed by atoms with E-state index in [1.165, 1.54) is 12.8 Å². The summed E-state index contributed by atoms with van der Waals surface area (Å²) in [6.45, 7) is 6.27. The third-order valence-electron chi connectivity index (χ3n) is 3.54. The normalized spacial score (nSPS) is 17.9. The molecule has 1 aliphatic heterocycles. The van der Waals surface area contributed by atoms with Crippen LogP contribution in [0.1, 0.15) is 32.6 Å². The van der Waals surface area contributed by atoms with Gasteiger partial charge in [-0.3, -0.25) is 0 Å². The molecule has 1 heterocycles. The molecule has 0 amide bonds. The Bertz CT molecular complexity index is 243. The second kappa shape index (κ2) is 9.58. The maximum atomic E-state index is 11.9. The lowest BCUT2D eigenvalue weighted by Crippen LogP contribution is -2.37. The predicted octanol–water partition coefficient (Wildman–Crippen LogP) is 2.67. The third-order valence-corrected chi connectivity index (χ3v) is 3.54. The van der Waals surface area contributed by atoms with Crippen molar-refractivity contribution >= 4 is 0 Å². The zero-order valence-electron chi connectivity index (χ0n) is 12.3. The maximum Gasteiger partial charge on any atom is 0.411 e. The van der Waals surface area contributed by atoms with Crippen molar-refractivity contribution in [3.63, 3.8) is 0 Å². The van der Waals surface area contributed by atoms with Crippen LogP contribution in [0.2, 0.25) is 0 Å². The topological polar surface area (TPSA) is 24.5 Å². The van der Waals surface area contributed by atoms with Crippen LogP contribution in [0, 0.1) is 5.92 Å². The molecule has 3 nitrogen and oxygen atoms in total. The van der Waals surface area contributed by atoms with Crippen LogP contribution in [-0.2, 0) is 4.74 Å². The van der Waals surface area contributed by atoms with Gasteiger partial charge in [-0.05, 0) is 51.2 Å². The number of rotatable bonds is 9. The van der Waals surface area contributed by atoms with Crippen LogP contribution in [0.5, 0.6) is 0 Å². The van der Waals surface area contributed by atoms with E-state index < -0.39 is 12.8 Å². The van der Waals surface area contributed by atoms with Crippen molar-refractivity contribution in [1.29, 1.82) is 0 Å². The zero-order valence-corrected chi connectivity index (χ0v) is 12.3. The minimum atomic E-state index is -4.21. The van der Waals surface area contributed by atoms with E-state index in [2.05, 4.69) is 21.9 Å². The smallest absolute Gasteiger partial charge is 0.372 e. The van der Waals surface area contributed by atoms with E-state index in [0.29, 0.717) is 6.42 Å². The van der Waals surface area contributed by atoms with Crippen LogP contribution in [0.25, 0.3) is 0 Å². The average Bonchev–Trinajstić information content (AvgIpc) is 2.38. The maximum absolute atomic E-state index is 11.9. The molecule has 0 aromatic heterocycles. The summed E-state index contributed by atoms with van der Waals surface area (Å²) in [6, 6.07) is 0. The molecule has 120 valence electrons. The van der Waals surface area contributed by atoms with Crippen LogP contribution in [0.15, 0.2) is 0 Å². The Morgan fingerprint density at radius 2 is 1.90 bits per heavy atom. The zero-order chi connectivity index (χ0) is 14.8. The summed E-state index contributed by atoms with van der Waals surface area (Å²) in [5, 5.41) is 3.35. The molecule has 0 atom stereocenters. The highest BCUT2D eigenvalue weighted by Crippen LogP contribution is 2.15. The summed E-state index contributed by atoms with van der Waals surface area (Å²) in [5.74, 6) is 0.721. The van der Waals surface area contributed by atoms with Gasteiger partial charge >= 0.3 is 6.18 Å². The van der Waals surface area contributed by atoms with Crippen LogP contribution >= 0.6 is 0 Å². The molecule has 0 radical (unpaired) electrons. The number of hydrogen-bond acceptors (Lipinski definition) is 3. The SMILES string of the molecule is CCCN(CCCOCC(F)(F)F)CC1CCNCC1. The van der Waals surface area contributed by atoms with E-state index in [4.69, 9.17) is 0 Å². The van der Waals surface area contributed by atoms with Gasteiger partial charge in [0.2, 0.25) is 0 Å². The standard InChI is InChI=1S/C14H27F3N2O/c1-2-8-19(11-13-4-6-18-7-5-13)9-3-10-20-12-14(15,16)17/h13,18H,2-12H2,1H3. The molecule has 1 aliphatic rings. The van der Waals surface area contributed by atoms with Crippen LogP contribution in [0.4, 0.5) is 13.2 Å². The summed E-state index contributed by atoms with van der Waals surface area (Å²) < 4.78 is 40.4. The van der Waals surface area contributed by atoms with Gasteiger partial charge in [0.15, 0.2) is 0 Å². The molecule has 0 spiro atoms. The van der Waals surface area contributed by atoms with Gasteiger partial charge in [0.05, 0.1) is 0 Å². The van der Waals surface area contributed by atoms with Crippen LogP contribution in [0.3, 0.4) is 0 Å². The monoisotopic (exact) mass is 296 g/mol. The summed E-state index contributed by atoms with van der Waals surface area (Å²) in [4.78, 5) is 2.37. The van der Waals surface area contributed by atoms with Crippen molar-refractivity contribution in [2.75, 3.05) is 45.9 Å². The number of piperidine rings is 1. The van der Waals surface area contributed by atoms with Crippen molar-refractivity contribution in [3.05, 3.63) is 0 Å².